The van der Waals surface area contributed by atoms with Crippen LogP contribution in [0.4, 0.5) is 10.8 Å². The maximum absolute atomic E-state index is 13.1. The molecule has 8 N–H and O–H groups in total. The van der Waals surface area contributed by atoms with E-state index >= 15 is 0 Å². The molecule has 0 aliphatic carbocycles. The molecule has 1 fully saturated rings. The van der Waals surface area contributed by atoms with Gasteiger partial charge in [0.05, 0.1) is 5.69 Å². The number of primary amides is 1. The van der Waals surface area contributed by atoms with Crippen molar-refractivity contribution in [3.8, 4) is 0 Å². The molecule has 0 spiro atoms. The lowest BCUT2D eigenvalue weighted by molar-refractivity contribution is -0.150. The number of nitrogens with one attached hydrogen (secondary N) is 1. The standard InChI is InChI=1S/C19H18N12O6S3/c20-7-1-10(26-31-14(7)25-28-29-31)38-3-6-4-39-17-12(16(34)30(17)13(6)18(35)36)24-15(33)11(27-37-2-9(21)32)8-5-40-19(22)23-8/h1,5,12,17H,2-4,20H2,(H2,21,32)(H2,22,23)(H,24,33)(H,35,36)/t12?,17-/m1/s1. The van der Waals surface area contributed by atoms with Gasteiger partial charge >= 0.3 is 5.97 Å². The molecule has 0 bridgehead atoms. The number of tetrazole rings is 1. The van der Waals surface area contributed by atoms with Crippen LogP contribution in [0.5, 0.6) is 0 Å². The maximum Gasteiger partial charge on any atom is 0.352 e. The summed E-state index contributed by atoms with van der Waals surface area (Å²) in [4.78, 5) is 59.2. The van der Waals surface area contributed by atoms with E-state index in [9.17, 15) is 24.3 Å². The van der Waals surface area contributed by atoms with E-state index in [4.69, 9.17) is 22.0 Å². The molecule has 0 aromatic carbocycles. The number of fused-ring (bicyclic) bond motifs is 2. The molecule has 3 amide bonds. The Morgan fingerprint density at radius 1 is 1.32 bits per heavy atom. The number of thiazole rings is 1. The van der Waals surface area contributed by atoms with Gasteiger partial charge in [-0.05, 0) is 22.1 Å². The Morgan fingerprint density at radius 2 is 2.12 bits per heavy atom. The van der Waals surface area contributed by atoms with Gasteiger partial charge in [0, 0.05) is 16.9 Å². The van der Waals surface area contributed by atoms with Gasteiger partial charge < -0.3 is 32.5 Å². The molecule has 40 heavy (non-hydrogen) atoms. The van der Waals surface area contributed by atoms with Gasteiger partial charge in [0.25, 0.3) is 17.7 Å². The average molecular weight is 607 g/mol. The third kappa shape index (κ3) is 5.20. The minimum absolute atomic E-state index is 0.0592. The second kappa shape index (κ2) is 10.9. The second-order valence-electron chi connectivity index (χ2n) is 8.09. The summed E-state index contributed by atoms with van der Waals surface area (Å²) in [5, 5.41) is 32.7. The van der Waals surface area contributed by atoms with Crippen molar-refractivity contribution in [1.29, 1.82) is 0 Å². The van der Waals surface area contributed by atoms with Crippen molar-refractivity contribution < 1.29 is 29.1 Å². The monoisotopic (exact) mass is 606 g/mol. The zero-order valence-corrected chi connectivity index (χ0v) is 22.4. The summed E-state index contributed by atoms with van der Waals surface area (Å²) in [7, 11) is 0. The fourth-order valence-electron chi connectivity index (χ4n) is 3.74. The third-order valence-corrected chi connectivity index (χ3v) is 8.46. The van der Waals surface area contributed by atoms with E-state index in [0.29, 0.717) is 16.3 Å². The molecule has 18 nitrogen and oxygen atoms in total. The van der Waals surface area contributed by atoms with Crippen LogP contribution in [0.1, 0.15) is 5.69 Å². The highest BCUT2D eigenvalue weighted by atomic mass is 32.2. The number of nitrogen functional groups attached to an aromatic ring is 2. The molecular weight excluding hydrogens is 588 g/mol. The molecule has 5 heterocycles. The summed E-state index contributed by atoms with van der Waals surface area (Å²) in [6.07, 6.45) is 0. The summed E-state index contributed by atoms with van der Waals surface area (Å²) in [5.74, 6) is -3.11. The van der Waals surface area contributed by atoms with Gasteiger partial charge in [-0.1, -0.05) is 16.9 Å². The normalized spacial score (nSPS) is 18.9. The molecule has 208 valence electrons. The molecule has 0 radical (unpaired) electrons. The number of aromatic nitrogens is 6. The minimum Gasteiger partial charge on any atom is -0.477 e. The second-order valence-corrected chi connectivity index (χ2v) is 11.1. The molecule has 3 aromatic heterocycles. The van der Waals surface area contributed by atoms with Crippen molar-refractivity contribution >= 4 is 80.7 Å². The van der Waals surface area contributed by atoms with E-state index in [0.717, 1.165) is 16.2 Å². The van der Waals surface area contributed by atoms with Crippen molar-refractivity contribution in [2.45, 2.75) is 16.4 Å². The first-order chi connectivity index (χ1) is 19.1. The quantitative estimate of drug-likeness (QED) is 0.0714. The van der Waals surface area contributed by atoms with E-state index in [1.54, 1.807) is 6.07 Å². The summed E-state index contributed by atoms with van der Waals surface area (Å²) < 4.78 is 1.17. The summed E-state index contributed by atoms with van der Waals surface area (Å²) in [5.41, 5.74) is 17.2. The van der Waals surface area contributed by atoms with Gasteiger partial charge in [-0.25, -0.2) is 9.78 Å². The van der Waals surface area contributed by atoms with Crippen LogP contribution in [-0.2, 0) is 24.0 Å². The van der Waals surface area contributed by atoms with E-state index < -0.39 is 41.7 Å². The summed E-state index contributed by atoms with van der Waals surface area (Å²) in [6.45, 7) is -0.593. The Bertz CT molecular complexity index is 1600. The number of hydrogen-bond acceptors (Lipinski definition) is 16. The Morgan fingerprint density at radius 3 is 2.83 bits per heavy atom. The lowest BCUT2D eigenvalue weighted by Gasteiger charge is -2.49. The van der Waals surface area contributed by atoms with Crippen LogP contribution in [0, 0.1) is 0 Å². The fraction of sp³-hybridized carbons (Fsp3) is 0.263. The number of oxime groups is 1. The highest BCUT2D eigenvalue weighted by Crippen LogP contribution is 2.41. The van der Waals surface area contributed by atoms with E-state index in [2.05, 4.69) is 36.1 Å². The van der Waals surface area contributed by atoms with Gasteiger partial charge in [-0.2, -0.15) is 0 Å². The van der Waals surface area contributed by atoms with Crippen molar-refractivity contribution in [3.63, 3.8) is 0 Å². The van der Waals surface area contributed by atoms with E-state index in [-0.39, 0.29) is 39.4 Å². The Hall–Kier alpha value is -4.50. The smallest absolute Gasteiger partial charge is 0.352 e. The number of hydrogen-bond donors (Lipinski definition) is 5. The van der Waals surface area contributed by atoms with Gasteiger partial charge in [-0.3, -0.25) is 19.3 Å². The Balaban J connectivity index is 1.31. The zero-order valence-electron chi connectivity index (χ0n) is 20.0. The number of anilines is 2. The number of rotatable bonds is 10. The molecule has 2 aliphatic rings. The first-order valence-electron chi connectivity index (χ1n) is 11.0. The number of carbonyl (C=O) groups is 4. The molecular formula is C19H18N12O6S3. The van der Waals surface area contributed by atoms with Gasteiger partial charge in [-0.15, -0.1) is 37.9 Å². The first-order valence-corrected chi connectivity index (χ1v) is 13.9. The molecule has 3 aromatic rings. The van der Waals surface area contributed by atoms with Gasteiger partial charge in [0.2, 0.25) is 5.65 Å². The van der Waals surface area contributed by atoms with Crippen LogP contribution in [0.25, 0.3) is 5.65 Å². The van der Waals surface area contributed by atoms with Crippen LogP contribution in [0.3, 0.4) is 0 Å². The predicted molar refractivity (Wildman–Crippen MR) is 142 cm³/mol. The highest BCUT2D eigenvalue weighted by Gasteiger charge is 2.54. The summed E-state index contributed by atoms with van der Waals surface area (Å²) in [6, 6.07) is 0.515. The average Bonchev–Trinajstić information content (AvgIpc) is 3.56. The minimum atomic E-state index is -1.29. The largest absolute Gasteiger partial charge is 0.477 e. The Kier molecular flexibility index (Phi) is 7.40. The number of carbonyl (C=O) groups excluding carboxylic acids is 3. The topological polar surface area (TPSA) is 272 Å². The van der Waals surface area contributed by atoms with Crippen molar-refractivity contribution in [2.24, 2.45) is 10.9 Å². The lowest BCUT2D eigenvalue weighted by Crippen LogP contribution is -2.71. The molecule has 5 rings (SSSR count). The highest BCUT2D eigenvalue weighted by molar-refractivity contribution is 8.01. The van der Waals surface area contributed by atoms with Gasteiger partial charge in [0.1, 0.15) is 27.8 Å². The number of carboxylic acid groups (broad SMARTS) is 1. The molecule has 1 unspecified atom stereocenters. The molecule has 1 saturated heterocycles. The number of nitrogens with two attached hydrogens (primary N) is 3. The number of nitrogens with zero attached hydrogens (tertiary/aromatic N) is 8. The van der Waals surface area contributed by atoms with Crippen LogP contribution >= 0.6 is 34.9 Å². The van der Waals surface area contributed by atoms with E-state index in [1.807, 2.05) is 0 Å². The van der Waals surface area contributed by atoms with Crippen LogP contribution in [0.2, 0.25) is 0 Å². The first kappa shape index (κ1) is 27.1. The maximum atomic E-state index is 13.1. The van der Waals surface area contributed by atoms with Crippen LogP contribution < -0.4 is 22.5 Å². The SMILES string of the molecule is NC(=O)CON=C(C(=O)NC1C(=O)N2C(C(=O)O)=C(CSc3cc(N)c4nnnn4n3)CS[C@H]12)c1csc(N)n1. The van der Waals surface area contributed by atoms with Crippen LogP contribution in [-0.4, -0.2) is 99.2 Å². The lowest BCUT2D eigenvalue weighted by atomic mass is 10.0. The van der Waals surface area contributed by atoms with Crippen molar-refractivity contribution in [1.82, 2.24) is 40.5 Å². The number of thioether (sulfide) groups is 2. The summed E-state index contributed by atoms with van der Waals surface area (Å²) >= 11 is 3.52. The van der Waals surface area contributed by atoms with Crippen molar-refractivity contribution in [3.05, 3.63) is 28.4 Å². The molecule has 0 saturated carbocycles. The zero-order chi connectivity index (χ0) is 28.6. The van der Waals surface area contributed by atoms with Crippen molar-refractivity contribution in [2.75, 3.05) is 29.6 Å². The number of carboxylic acids is 1. The Labute approximate surface area is 235 Å². The molecule has 21 heteroatoms. The molecule has 2 atom stereocenters. The number of β-lactam (4-membered cyclic amide) rings is 1. The van der Waals surface area contributed by atoms with Crippen LogP contribution in [0.15, 0.2) is 32.9 Å². The fourth-order valence-corrected chi connectivity index (χ4v) is 6.67. The third-order valence-electron chi connectivity index (χ3n) is 5.46. The predicted octanol–water partition coefficient (Wildman–Crippen LogP) is -2.12. The molecule has 2 aliphatic heterocycles. The number of aliphatic carboxylic acids is 1. The van der Waals surface area contributed by atoms with E-state index in [1.165, 1.54) is 33.5 Å². The number of amides is 3. The van der Waals surface area contributed by atoms with Gasteiger partial charge in [0.15, 0.2) is 17.5 Å².